The van der Waals surface area contributed by atoms with Crippen LogP contribution in [0.5, 0.6) is 0 Å². The highest BCUT2D eigenvalue weighted by Crippen LogP contribution is 2.46. The first kappa shape index (κ1) is 6.59. The molecular weight excluding hydrogens is 114 g/mol. The van der Waals surface area contributed by atoms with Gasteiger partial charge >= 0.3 is 0 Å². The molecule has 0 aromatic heterocycles. The van der Waals surface area contributed by atoms with Gasteiger partial charge in [-0.2, -0.15) is 0 Å². The van der Waals surface area contributed by atoms with E-state index in [0.29, 0.717) is 5.41 Å². The van der Waals surface area contributed by atoms with Crippen LogP contribution in [-0.4, -0.2) is 12.8 Å². The first-order chi connectivity index (χ1) is 4.19. The number of hydrogen-bond acceptors (Lipinski definition) is 2. The van der Waals surface area contributed by atoms with Crippen LogP contribution in [0.15, 0.2) is 5.16 Å². The topological polar surface area (TPSA) is 21.6 Å². The van der Waals surface area contributed by atoms with E-state index >= 15 is 0 Å². The van der Waals surface area contributed by atoms with Crippen molar-refractivity contribution in [3.63, 3.8) is 0 Å². The minimum Gasteiger partial charge on any atom is -0.399 e. The molecule has 0 bridgehead atoms. The Morgan fingerprint density at radius 1 is 1.56 bits per heavy atom. The summed E-state index contributed by atoms with van der Waals surface area (Å²) in [5.41, 5.74) is 1.51. The summed E-state index contributed by atoms with van der Waals surface area (Å²) in [6.07, 6.45) is 2.54. The molecule has 0 aliphatic heterocycles. The summed E-state index contributed by atoms with van der Waals surface area (Å²) in [7, 11) is 1.59. The zero-order valence-corrected chi connectivity index (χ0v) is 6.27. The van der Waals surface area contributed by atoms with Crippen LogP contribution in [0.2, 0.25) is 0 Å². The third-order valence-electron chi connectivity index (χ3n) is 2.10. The molecule has 0 aromatic rings. The third kappa shape index (κ3) is 1.23. The fraction of sp³-hybridized carbons (Fsp3) is 0.857. The van der Waals surface area contributed by atoms with Gasteiger partial charge < -0.3 is 4.84 Å². The van der Waals surface area contributed by atoms with E-state index in [9.17, 15) is 0 Å². The van der Waals surface area contributed by atoms with Crippen LogP contribution in [0.4, 0.5) is 0 Å². The first-order valence-corrected chi connectivity index (χ1v) is 3.27. The van der Waals surface area contributed by atoms with Crippen molar-refractivity contribution in [2.45, 2.75) is 26.7 Å². The van der Waals surface area contributed by atoms with E-state index in [2.05, 4.69) is 16.9 Å². The summed E-state index contributed by atoms with van der Waals surface area (Å²) < 4.78 is 0. The van der Waals surface area contributed by atoms with Crippen LogP contribution >= 0.6 is 0 Å². The Balaban J connectivity index is 2.51. The number of rotatable bonds is 2. The van der Waals surface area contributed by atoms with Crippen LogP contribution in [-0.2, 0) is 4.84 Å². The van der Waals surface area contributed by atoms with Crippen molar-refractivity contribution >= 4 is 5.71 Å². The normalized spacial score (nSPS) is 23.7. The Morgan fingerprint density at radius 3 is 2.44 bits per heavy atom. The molecule has 0 heterocycles. The fourth-order valence-electron chi connectivity index (χ4n) is 0.796. The van der Waals surface area contributed by atoms with E-state index in [-0.39, 0.29) is 0 Å². The van der Waals surface area contributed by atoms with Crippen LogP contribution in [0.1, 0.15) is 26.7 Å². The van der Waals surface area contributed by atoms with Crippen molar-refractivity contribution in [3.8, 4) is 0 Å². The molecule has 9 heavy (non-hydrogen) atoms. The number of nitrogens with zero attached hydrogens (tertiary/aromatic N) is 1. The third-order valence-corrected chi connectivity index (χ3v) is 2.10. The number of hydrogen-bond donors (Lipinski definition) is 0. The van der Waals surface area contributed by atoms with Crippen molar-refractivity contribution in [1.82, 2.24) is 0 Å². The summed E-state index contributed by atoms with van der Waals surface area (Å²) in [4.78, 5) is 4.66. The van der Waals surface area contributed by atoms with Gasteiger partial charge in [-0.15, -0.1) is 0 Å². The summed E-state index contributed by atoms with van der Waals surface area (Å²) in [6.45, 7) is 4.24. The van der Waals surface area contributed by atoms with Gasteiger partial charge in [0.05, 0.1) is 5.71 Å². The lowest BCUT2D eigenvalue weighted by Crippen LogP contribution is -2.06. The van der Waals surface area contributed by atoms with Crippen LogP contribution in [0.25, 0.3) is 0 Å². The average molecular weight is 127 g/mol. The van der Waals surface area contributed by atoms with Gasteiger partial charge in [-0.25, -0.2) is 0 Å². The maximum atomic E-state index is 4.66. The molecule has 2 nitrogen and oxygen atoms in total. The van der Waals surface area contributed by atoms with Gasteiger partial charge in [0, 0.05) is 5.41 Å². The zero-order valence-electron chi connectivity index (χ0n) is 6.27. The lowest BCUT2D eigenvalue weighted by molar-refractivity contribution is 0.210. The summed E-state index contributed by atoms with van der Waals surface area (Å²) in [5, 5.41) is 3.88. The van der Waals surface area contributed by atoms with Gasteiger partial charge in [0.15, 0.2) is 0 Å². The number of oxime groups is 1. The zero-order chi connectivity index (χ0) is 6.91. The highest BCUT2D eigenvalue weighted by Gasteiger charge is 2.40. The van der Waals surface area contributed by atoms with E-state index in [0.717, 1.165) is 5.71 Å². The maximum absolute atomic E-state index is 4.66. The Morgan fingerprint density at radius 2 is 2.11 bits per heavy atom. The molecular formula is C7H13NO. The predicted octanol–water partition coefficient (Wildman–Crippen LogP) is 1.81. The second kappa shape index (κ2) is 2.01. The molecule has 1 rings (SSSR count). The van der Waals surface area contributed by atoms with Crippen molar-refractivity contribution in [2.24, 2.45) is 10.6 Å². The van der Waals surface area contributed by atoms with Crippen LogP contribution < -0.4 is 0 Å². The second-order valence-corrected chi connectivity index (χ2v) is 2.92. The SMILES string of the molecule is CO/N=C(\C)C1(C)CC1. The quantitative estimate of drug-likeness (QED) is 0.409. The monoisotopic (exact) mass is 127 g/mol. The lowest BCUT2D eigenvalue weighted by atomic mass is 10.1. The van der Waals surface area contributed by atoms with E-state index in [1.54, 1.807) is 7.11 Å². The summed E-state index contributed by atoms with van der Waals surface area (Å²) in [6, 6.07) is 0. The standard InChI is InChI=1S/C7H13NO/c1-6(8-9-3)7(2)4-5-7/h4-5H2,1-3H3/b8-6+. The summed E-state index contributed by atoms with van der Waals surface area (Å²) >= 11 is 0. The molecule has 52 valence electrons. The average Bonchev–Trinajstić information content (AvgIpc) is 2.50. The van der Waals surface area contributed by atoms with Gasteiger partial charge in [0.2, 0.25) is 0 Å². The second-order valence-electron chi connectivity index (χ2n) is 2.92. The summed E-state index contributed by atoms with van der Waals surface area (Å²) in [5.74, 6) is 0. The molecule has 0 unspecified atom stereocenters. The highest BCUT2D eigenvalue weighted by atomic mass is 16.6. The molecule has 0 atom stereocenters. The predicted molar refractivity (Wildman–Crippen MR) is 37.5 cm³/mol. The van der Waals surface area contributed by atoms with Crippen LogP contribution in [0.3, 0.4) is 0 Å². The van der Waals surface area contributed by atoms with E-state index in [1.807, 2.05) is 6.92 Å². The maximum Gasteiger partial charge on any atom is 0.106 e. The van der Waals surface area contributed by atoms with E-state index < -0.39 is 0 Å². The minimum absolute atomic E-state index is 0.385. The molecule has 0 saturated heterocycles. The van der Waals surface area contributed by atoms with Gasteiger partial charge in [0.25, 0.3) is 0 Å². The van der Waals surface area contributed by atoms with Gasteiger partial charge in [-0.3, -0.25) is 0 Å². The Hall–Kier alpha value is -0.530. The molecule has 0 aromatic carbocycles. The molecule has 1 aliphatic rings. The molecule has 2 heteroatoms. The largest absolute Gasteiger partial charge is 0.399 e. The molecule has 0 radical (unpaired) electrons. The fourth-order valence-corrected chi connectivity index (χ4v) is 0.796. The van der Waals surface area contributed by atoms with E-state index in [4.69, 9.17) is 0 Å². The first-order valence-electron chi connectivity index (χ1n) is 3.27. The van der Waals surface area contributed by atoms with E-state index in [1.165, 1.54) is 12.8 Å². The Bertz CT molecular complexity index is 136. The van der Waals surface area contributed by atoms with Crippen molar-refractivity contribution in [3.05, 3.63) is 0 Å². The van der Waals surface area contributed by atoms with Crippen molar-refractivity contribution < 1.29 is 4.84 Å². The van der Waals surface area contributed by atoms with Gasteiger partial charge in [0.1, 0.15) is 7.11 Å². The molecule has 1 aliphatic carbocycles. The highest BCUT2D eigenvalue weighted by molar-refractivity contribution is 5.89. The molecule has 0 spiro atoms. The molecule has 0 amide bonds. The van der Waals surface area contributed by atoms with Gasteiger partial charge in [-0.1, -0.05) is 12.1 Å². The smallest absolute Gasteiger partial charge is 0.106 e. The van der Waals surface area contributed by atoms with Crippen LogP contribution in [0, 0.1) is 5.41 Å². The van der Waals surface area contributed by atoms with Crippen molar-refractivity contribution in [2.75, 3.05) is 7.11 Å². The molecule has 1 saturated carbocycles. The molecule has 1 fully saturated rings. The van der Waals surface area contributed by atoms with Gasteiger partial charge in [-0.05, 0) is 19.8 Å². The molecule has 0 N–H and O–H groups in total. The Kier molecular flexibility index (Phi) is 1.47. The lowest BCUT2D eigenvalue weighted by Gasteiger charge is -2.04. The van der Waals surface area contributed by atoms with Crippen molar-refractivity contribution in [1.29, 1.82) is 0 Å². The Labute approximate surface area is 55.9 Å². The minimum atomic E-state index is 0.385.